The molecule has 0 saturated heterocycles. The Morgan fingerprint density at radius 1 is 1.33 bits per heavy atom. The number of nitrogens with zero attached hydrogens (tertiary/aromatic N) is 1. The first-order valence-electron chi connectivity index (χ1n) is 7.03. The van der Waals surface area contributed by atoms with Crippen molar-refractivity contribution in [2.24, 2.45) is 5.92 Å². The monoisotopic (exact) mass is 288 g/mol. The number of carboxylic acid groups (broad SMARTS) is 1. The highest BCUT2D eigenvalue weighted by Gasteiger charge is 2.19. The van der Waals surface area contributed by atoms with Crippen molar-refractivity contribution < 1.29 is 15.0 Å². The average Bonchev–Trinajstić information content (AvgIpc) is 2.46. The van der Waals surface area contributed by atoms with Gasteiger partial charge in [-0.1, -0.05) is 32.0 Å². The van der Waals surface area contributed by atoms with Gasteiger partial charge in [0.2, 0.25) is 0 Å². The molecule has 5 nitrogen and oxygen atoms in total. The lowest BCUT2D eigenvalue weighted by molar-refractivity contribution is 0.0697. The van der Waals surface area contributed by atoms with Crippen molar-refractivity contribution in [2.75, 3.05) is 11.9 Å². The lowest BCUT2D eigenvalue weighted by atomic mass is 9.99. The van der Waals surface area contributed by atoms with Crippen LogP contribution in [0.2, 0.25) is 0 Å². The largest absolute Gasteiger partial charge is 0.478 e. The van der Waals surface area contributed by atoms with Crippen LogP contribution in [0.5, 0.6) is 0 Å². The summed E-state index contributed by atoms with van der Waals surface area (Å²) in [6.07, 6.45) is 1.94. The van der Waals surface area contributed by atoms with Crippen molar-refractivity contribution in [1.29, 1.82) is 0 Å². The van der Waals surface area contributed by atoms with Gasteiger partial charge in [0.05, 0.1) is 11.2 Å². The second-order valence-corrected chi connectivity index (χ2v) is 5.38. The summed E-state index contributed by atoms with van der Waals surface area (Å²) >= 11 is 0. The number of carboxylic acids is 1. The van der Waals surface area contributed by atoms with E-state index >= 15 is 0 Å². The van der Waals surface area contributed by atoms with Crippen molar-refractivity contribution >= 4 is 22.6 Å². The highest BCUT2D eigenvalue weighted by atomic mass is 16.4. The van der Waals surface area contributed by atoms with E-state index in [-0.39, 0.29) is 24.1 Å². The molecule has 5 heteroatoms. The molecule has 1 aromatic heterocycles. The fourth-order valence-corrected chi connectivity index (χ4v) is 2.36. The third-order valence-corrected chi connectivity index (χ3v) is 3.58. The summed E-state index contributed by atoms with van der Waals surface area (Å²) in [6, 6.07) is 7.43. The zero-order valence-electron chi connectivity index (χ0n) is 12.2. The summed E-state index contributed by atoms with van der Waals surface area (Å²) in [4.78, 5) is 15.6. The van der Waals surface area contributed by atoms with Crippen LogP contribution in [-0.4, -0.2) is 33.8 Å². The summed E-state index contributed by atoms with van der Waals surface area (Å²) in [7, 11) is 0. The van der Waals surface area contributed by atoms with Crippen LogP contribution < -0.4 is 5.32 Å². The number of aliphatic hydroxyl groups excluding tert-OH is 1. The predicted molar refractivity (Wildman–Crippen MR) is 82.7 cm³/mol. The van der Waals surface area contributed by atoms with E-state index in [1.54, 1.807) is 0 Å². The molecule has 1 unspecified atom stereocenters. The second-order valence-electron chi connectivity index (χ2n) is 5.38. The van der Waals surface area contributed by atoms with Gasteiger partial charge in [0, 0.05) is 24.2 Å². The highest BCUT2D eigenvalue weighted by Crippen LogP contribution is 2.28. The van der Waals surface area contributed by atoms with E-state index in [0.29, 0.717) is 12.1 Å². The van der Waals surface area contributed by atoms with Gasteiger partial charge >= 0.3 is 5.97 Å². The Morgan fingerprint density at radius 3 is 2.67 bits per heavy atom. The van der Waals surface area contributed by atoms with Crippen LogP contribution in [0.25, 0.3) is 10.9 Å². The van der Waals surface area contributed by atoms with E-state index in [4.69, 9.17) is 0 Å². The van der Waals surface area contributed by atoms with Gasteiger partial charge in [-0.15, -0.1) is 0 Å². The van der Waals surface area contributed by atoms with E-state index in [1.165, 1.54) is 6.20 Å². The molecular formula is C16H20N2O3. The lowest BCUT2D eigenvalue weighted by Gasteiger charge is -2.24. The number of para-hydroxylation sites is 1. The normalized spacial score (nSPS) is 12.6. The first-order chi connectivity index (χ1) is 10.0. The third-order valence-electron chi connectivity index (χ3n) is 3.58. The molecule has 1 atom stereocenters. The Bertz CT molecular complexity index is 640. The Morgan fingerprint density at radius 2 is 2.05 bits per heavy atom. The molecule has 0 aliphatic rings. The molecule has 0 amide bonds. The first kappa shape index (κ1) is 15.3. The van der Waals surface area contributed by atoms with Gasteiger partial charge in [0.1, 0.15) is 5.56 Å². The number of hydrogen-bond donors (Lipinski definition) is 3. The Kier molecular flexibility index (Phi) is 4.75. The third kappa shape index (κ3) is 3.31. The maximum Gasteiger partial charge on any atom is 0.339 e. The molecule has 0 spiro atoms. The number of aromatic nitrogens is 1. The Labute approximate surface area is 123 Å². The number of anilines is 1. The molecule has 2 aromatic rings. The maximum atomic E-state index is 11.4. The van der Waals surface area contributed by atoms with Gasteiger partial charge in [-0.05, 0) is 18.4 Å². The van der Waals surface area contributed by atoms with Gasteiger partial charge in [0.15, 0.2) is 0 Å². The quantitative estimate of drug-likeness (QED) is 0.761. The number of aromatic carboxylic acids is 1. The second kappa shape index (κ2) is 6.54. The molecule has 21 heavy (non-hydrogen) atoms. The zero-order chi connectivity index (χ0) is 15.4. The van der Waals surface area contributed by atoms with E-state index in [2.05, 4.69) is 10.3 Å². The van der Waals surface area contributed by atoms with Gasteiger partial charge < -0.3 is 15.5 Å². The number of pyridine rings is 1. The van der Waals surface area contributed by atoms with E-state index < -0.39 is 5.97 Å². The molecule has 2 rings (SSSR count). The molecule has 0 fully saturated rings. The number of carbonyl (C=O) groups is 1. The van der Waals surface area contributed by atoms with E-state index in [9.17, 15) is 15.0 Å². The highest BCUT2D eigenvalue weighted by molar-refractivity contribution is 6.04. The molecule has 3 N–H and O–H groups in total. The van der Waals surface area contributed by atoms with Crippen molar-refractivity contribution in [3.63, 3.8) is 0 Å². The van der Waals surface area contributed by atoms with Crippen molar-refractivity contribution in [3.8, 4) is 0 Å². The molecule has 0 saturated carbocycles. The fourth-order valence-electron chi connectivity index (χ4n) is 2.36. The lowest BCUT2D eigenvalue weighted by Crippen LogP contribution is -2.28. The van der Waals surface area contributed by atoms with Crippen molar-refractivity contribution in [3.05, 3.63) is 36.0 Å². The minimum atomic E-state index is -1.01. The molecule has 112 valence electrons. The summed E-state index contributed by atoms with van der Waals surface area (Å²) < 4.78 is 0. The standard InChI is InChI=1S/C16H20N2O3/c1-10(2)13(7-8-19)18-15-11-5-3-4-6-14(11)17-9-12(15)16(20)21/h3-6,9-10,13,19H,7-8H2,1-2H3,(H,17,18)(H,20,21). The molecule has 0 radical (unpaired) electrons. The van der Waals surface area contributed by atoms with Gasteiger partial charge in [0.25, 0.3) is 0 Å². The van der Waals surface area contributed by atoms with Crippen LogP contribution in [-0.2, 0) is 0 Å². The van der Waals surface area contributed by atoms with Crippen LogP contribution in [0.4, 0.5) is 5.69 Å². The zero-order valence-corrected chi connectivity index (χ0v) is 12.2. The minimum Gasteiger partial charge on any atom is -0.478 e. The Balaban J connectivity index is 2.53. The van der Waals surface area contributed by atoms with Crippen molar-refractivity contribution in [1.82, 2.24) is 4.98 Å². The predicted octanol–water partition coefficient (Wildman–Crippen LogP) is 2.75. The SMILES string of the molecule is CC(C)C(CCO)Nc1c(C(=O)O)cnc2ccccc12. The number of fused-ring (bicyclic) bond motifs is 1. The summed E-state index contributed by atoms with van der Waals surface area (Å²) in [5.41, 5.74) is 1.47. The van der Waals surface area contributed by atoms with Crippen LogP contribution in [0, 0.1) is 5.92 Å². The van der Waals surface area contributed by atoms with Gasteiger partial charge in [-0.2, -0.15) is 0 Å². The van der Waals surface area contributed by atoms with Gasteiger partial charge in [-0.25, -0.2) is 4.79 Å². The number of hydrogen-bond acceptors (Lipinski definition) is 4. The number of benzene rings is 1. The minimum absolute atomic E-state index is 0.00101. The summed E-state index contributed by atoms with van der Waals surface area (Å²) in [6.45, 7) is 4.13. The first-order valence-corrected chi connectivity index (χ1v) is 7.03. The molecule has 0 aliphatic carbocycles. The van der Waals surface area contributed by atoms with Crippen molar-refractivity contribution in [2.45, 2.75) is 26.3 Å². The summed E-state index contributed by atoms with van der Waals surface area (Å²) in [5, 5.41) is 22.6. The van der Waals surface area contributed by atoms with Crippen LogP contribution in [0.1, 0.15) is 30.6 Å². The smallest absolute Gasteiger partial charge is 0.339 e. The topological polar surface area (TPSA) is 82.5 Å². The van der Waals surface area contributed by atoms with E-state index in [0.717, 1.165) is 10.9 Å². The fraction of sp³-hybridized carbons (Fsp3) is 0.375. The summed E-state index contributed by atoms with van der Waals surface area (Å²) in [5.74, 6) is -0.743. The Hall–Kier alpha value is -2.14. The van der Waals surface area contributed by atoms with Crippen LogP contribution >= 0.6 is 0 Å². The molecule has 1 heterocycles. The number of rotatable bonds is 6. The van der Waals surface area contributed by atoms with Crippen LogP contribution in [0.3, 0.4) is 0 Å². The van der Waals surface area contributed by atoms with Crippen LogP contribution in [0.15, 0.2) is 30.5 Å². The number of aliphatic hydroxyl groups is 1. The average molecular weight is 288 g/mol. The molecule has 1 aromatic carbocycles. The maximum absolute atomic E-state index is 11.4. The van der Waals surface area contributed by atoms with Gasteiger partial charge in [-0.3, -0.25) is 4.98 Å². The molecular weight excluding hydrogens is 268 g/mol. The molecule has 0 bridgehead atoms. The van der Waals surface area contributed by atoms with E-state index in [1.807, 2.05) is 38.1 Å². The molecule has 0 aliphatic heterocycles. The number of nitrogens with one attached hydrogen (secondary N) is 1.